The molecule has 0 saturated carbocycles. The Labute approximate surface area is 247 Å². The molecule has 0 spiro atoms. The van der Waals surface area contributed by atoms with Gasteiger partial charge in [-0.3, -0.25) is 4.79 Å². The molecule has 1 heterocycles. The number of carbonyl (C=O) groups excluding carboxylic acids is 1. The van der Waals surface area contributed by atoms with Crippen molar-refractivity contribution < 1.29 is 27.9 Å². The van der Waals surface area contributed by atoms with Gasteiger partial charge in [0.1, 0.15) is 10.8 Å². The van der Waals surface area contributed by atoms with Crippen molar-refractivity contribution in [2.75, 3.05) is 17.7 Å². The molecule has 0 aliphatic rings. The number of nitrogens with one attached hydrogen (secondary N) is 1. The molecule has 0 saturated heterocycles. The highest BCUT2D eigenvalue weighted by Crippen LogP contribution is 2.28. The second-order valence-corrected chi connectivity index (χ2v) is 12.5. The number of halogens is 1. The van der Waals surface area contributed by atoms with E-state index in [0.29, 0.717) is 29.0 Å². The van der Waals surface area contributed by atoms with Crippen LogP contribution in [0.1, 0.15) is 38.6 Å². The number of hydrogen-bond donors (Lipinski definition) is 2. The predicted octanol–water partition coefficient (Wildman–Crippen LogP) is 6.40. The van der Waals surface area contributed by atoms with Gasteiger partial charge in [-0.1, -0.05) is 41.9 Å². The second-order valence-electron chi connectivity index (χ2n) is 9.09. The Morgan fingerprint density at radius 1 is 1.07 bits per heavy atom. The summed E-state index contributed by atoms with van der Waals surface area (Å²) < 4.78 is 30.8. The van der Waals surface area contributed by atoms with Crippen LogP contribution < -0.4 is 10.1 Å². The predicted molar refractivity (Wildman–Crippen MR) is 162 cm³/mol. The minimum Gasteiger partial charge on any atom is -0.480 e. The standard InChI is InChI=1S/C30H27ClN2O6S2/c1-20-19-40-28(32-20)15-9-22-6-2-3-7-25(22)30(36)33-26-17-21(8-14-27(26)39-18-29(34)35)5-4-16-41(37,38)24-12-10-23(31)11-13-24/h2-3,6-15,17,19H,4-5,16,18H2,1H3,(H,33,36)(H,34,35). The summed E-state index contributed by atoms with van der Waals surface area (Å²) >= 11 is 7.36. The first-order valence-electron chi connectivity index (χ1n) is 12.6. The van der Waals surface area contributed by atoms with E-state index in [-0.39, 0.29) is 22.1 Å². The van der Waals surface area contributed by atoms with Gasteiger partial charge in [0.05, 0.1) is 16.3 Å². The molecule has 0 aliphatic heterocycles. The first-order valence-corrected chi connectivity index (χ1v) is 15.5. The van der Waals surface area contributed by atoms with Crippen LogP contribution in [0.2, 0.25) is 5.02 Å². The van der Waals surface area contributed by atoms with Crippen LogP contribution in [0, 0.1) is 6.92 Å². The Morgan fingerprint density at radius 2 is 1.83 bits per heavy atom. The lowest BCUT2D eigenvalue weighted by molar-refractivity contribution is -0.139. The second kappa shape index (κ2) is 13.6. The number of amides is 1. The smallest absolute Gasteiger partial charge is 0.341 e. The molecule has 1 aromatic heterocycles. The number of carboxylic acid groups (broad SMARTS) is 1. The SMILES string of the molecule is Cc1csc(C=Cc2ccccc2C(=O)Nc2cc(CCCS(=O)(=O)c3ccc(Cl)cc3)ccc2OCC(=O)O)n1. The van der Waals surface area contributed by atoms with Crippen LogP contribution in [-0.2, 0) is 21.1 Å². The fourth-order valence-electron chi connectivity index (χ4n) is 3.97. The summed E-state index contributed by atoms with van der Waals surface area (Å²) in [5, 5.41) is 15.1. The molecule has 3 aromatic carbocycles. The number of aryl methyl sites for hydroxylation is 2. The first-order chi connectivity index (χ1) is 19.6. The monoisotopic (exact) mass is 610 g/mol. The third-order valence-corrected chi connectivity index (χ3v) is 8.94. The van der Waals surface area contributed by atoms with Gasteiger partial charge in [0, 0.05) is 21.7 Å². The lowest BCUT2D eigenvalue weighted by Gasteiger charge is -2.14. The van der Waals surface area contributed by atoms with E-state index in [4.69, 9.17) is 21.4 Å². The number of rotatable bonds is 12. The van der Waals surface area contributed by atoms with Gasteiger partial charge < -0.3 is 15.2 Å². The van der Waals surface area contributed by atoms with E-state index in [2.05, 4.69) is 10.3 Å². The molecule has 0 bridgehead atoms. The minimum atomic E-state index is -3.50. The van der Waals surface area contributed by atoms with Crippen LogP contribution in [0.5, 0.6) is 5.75 Å². The molecular weight excluding hydrogens is 584 g/mol. The van der Waals surface area contributed by atoms with Crippen LogP contribution in [0.3, 0.4) is 0 Å². The van der Waals surface area contributed by atoms with Gasteiger partial charge in [0.2, 0.25) is 0 Å². The number of aliphatic carboxylic acids is 1. The molecule has 0 aliphatic carbocycles. The minimum absolute atomic E-state index is 0.0775. The van der Waals surface area contributed by atoms with Gasteiger partial charge in [-0.05, 0) is 79.4 Å². The normalized spacial score (nSPS) is 11.5. The van der Waals surface area contributed by atoms with E-state index < -0.39 is 28.3 Å². The molecule has 212 valence electrons. The number of thiazole rings is 1. The summed E-state index contributed by atoms with van der Waals surface area (Å²) in [6.07, 6.45) is 4.38. The van der Waals surface area contributed by atoms with Gasteiger partial charge in [0.15, 0.2) is 16.4 Å². The van der Waals surface area contributed by atoms with E-state index in [0.717, 1.165) is 16.3 Å². The summed E-state index contributed by atoms with van der Waals surface area (Å²) in [6, 6.07) is 18.0. The maximum absolute atomic E-state index is 13.4. The van der Waals surface area contributed by atoms with Crippen molar-refractivity contribution in [3.63, 3.8) is 0 Å². The number of carbonyl (C=O) groups is 2. The molecule has 11 heteroatoms. The number of ether oxygens (including phenoxy) is 1. The highest BCUT2D eigenvalue weighted by molar-refractivity contribution is 7.91. The quantitative estimate of drug-likeness (QED) is 0.190. The molecule has 0 fully saturated rings. The lowest BCUT2D eigenvalue weighted by atomic mass is 10.1. The number of carboxylic acids is 1. The maximum atomic E-state index is 13.4. The zero-order valence-corrected chi connectivity index (χ0v) is 24.4. The molecule has 41 heavy (non-hydrogen) atoms. The van der Waals surface area contributed by atoms with Gasteiger partial charge in [-0.15, -0.1) is 11.3 Å². The summed E-state index contributed by atoms with van der Waals surface area (Å²) in [5.41, 5.74) is 3.03. The Bertz CT molecular complexity index is 1680. The Morgan fingerprint density at radius 3 is 2.54 bits per heavy atom. The molecule has 2 N–H and O–H groups in total. The molecule has 4 rings (SSSR count). The molecule has 0 unspecified atom stereocenters. The first kappa shape index (κ1) is 30.0. The Balaban J connectivity index is 1.51. The van der Waals surface area contributed by atoms with E-state index in [1.807, 2.05) is 36.6 Å². The van der Waals surface area contributed by atoms with E-state index in [9.17, 15) is 18.0 Å². The van der Waals surface area contributed by atoms with Crippen LogP contribution >= 0.6 is 22.9 Å². The van der Waals surface area contributed by atoms with Crippen LogP contribution in [0.15, 0.2) is 77.0 Å². The summed E-state index contributed by atoms with van der Waals surface area (Å²) in [4.78, 5) is 29.1. The van der Waals surface area contributed by atoms with Crippen molar-refractivity contribution >= 4 is 62.5 Å². The van der Waals surface area contributed by atoms with Crippen LogP contribution in [0.4, 0.5) is 5.69 Å². The third kappa shape index (κ3) is 8.50. The van der Waals surface area contributed by atoms with Gasteiger partial charge in [-0.25, -0.2) is 18.2 Å². The van der Waals surface area contributed by atoms with Crippen molar-refractivity contribution in [2.45, 2.75) is 24.7 Å². The highest BCUT2D eigenvalue weighted by atomic mass is 35.5. The number of sulfone groups is 1. The Kier molecular flexibility index (Phi) is 9.93. The third-order valence-electron chi connectivity index (χ3n) is 5.94. The van der Waals surface area contributed by atoms with E-state index in [1.165, 1.54) is 35.6 Å². The van der Waals surface area contributed by atoms with E-state index >= 15 is 0 Å². The number of hydrogen-bond acceptors (Lipinski definition) is 7. The van der Waals surface area contributed by atoms with Crippen LogP contribution in [-0.4, -0.2) is 42.7 Å². The number of aromatic nitrogens is 1. The molecule has 0 atom stereocenters. The number of nitrogens with zero attached hydrogens (tertiary/aromatic N) is 1. The van der Waals surface area contributed by atoms with Crippen molar-refractivity contribution in [3.8, 4) is 5.75 Å². The van der Waals surface area contributed by atoms with Crippen molar-refractivity contribution in [2.24, 2.45) is 0 Å². The largest absolute Gasteiger partial charge is 0.480 e. The van der Waals surface area contributed by atoms with Gasteiger partial charge >= 0.3 is 5.97 Å². The van der Waals surface area contributed by atoms with Crippen molar-refractivity contribution in [3.05, 3.63) is 105 Å². The molecular formula is C30H27ClN2O6S2. The van der Waals surface area contributed by atoms with Crippen LogP contribution in [0.25, 0.3) is 12.2 Å². The number of benzene rings is 3. The average molecular weight is 611 g/mol. The molecule has 0 radical (unpaired) electrons. The summed E-state index contributed by atoms with van der Waals surface area (Å²) in [5.74, 6) is -1.47. The van der Waals surface area contributed by atoms with Crippen molar-refractivity contribution in [1.29, 1.82) is 0 Å². The molecule has 1 amide bonds. The van der Waals surface area contributed by atoms with Crippen molar-refractivity contribution in [1.82, 2.24) is 4.98 Å². The zero-order chi connectivity index (χ0) is 29.4. The summed E-state index contributed by atoms with van der Waals surface area (Å²) in [7, 11) is -3.50. The lowest BCUT2D eigenvalue weighted by Crippen LogP contribution is -2.16. The Hall–Kier alpha value is -3.99. The fourth-order valence-corrected chi connectivity index (χ4v) is 6.09. The van der Waals surface area contributed by atoms with Gasteiger partial charge in [-0.2, -0.15) is 0 Å². The van der Waals surface area contributed by atoms with E-state index in [1.54, 1.807) is 30.3 Å². The zero-order valence-electron chi connectivity index (χ0n) is 22.0. The van der Waals surface area contributed by atoms with Gasteiger partial charge in [0.25, 0.3) is 5.91 Å². The average Bonchev–Trinajstić information content (AvgIpc) is 3.36. The highest BCUT2D eigenvalue weighted by Gasteiger charge is 2.17. The maximum Gasteiger partial charge on any atom is 0.341 e. The fraction of sp³-hybridized carbons (Fsp3) is 0.167. The molecule has 8 nitrogen and oxygen atoms in total. The summed E-state index contributed by atoms with van der Waals surface area (Å²) in [6.45, 7) is 1.32. The number of anilines is 1. The topological polar surface area (TPSA) is 123 Å². The molecule has 4 aromatic rings.